The minimum atomic E-state index is -1.69. The van der Waals surface area contributed by atoms with E-state index in [1.165, 1.54) is 0 Å². The number of carbonyl (C=O) groups is 2. The van der Waals surface area contributed by atoms with Crippen LogP contribution in [-0.4, -0.2) is 35.8 Å². The van der Waals surface area contributed by atoms with Gasteiger partial charge in [-0.05, 0) is 13.8 Å². The first kappa shape index (κ1) is 17.5. The van der Waals surface area contributed by atoms with Crippen LogP contribution < -0.4 is 4.48 Å². The Morgan fingerprint density at radius 3 is 2.35 bits per heavy atom. The summed E-state index contributed by atoms with van der Waals surface area (Å²) in [7, 11) is 0. The van der Waals surface area contributed by atoms with Crippen molar-refractivity contribution < 1.29 is 27.9 Å². The summed E-state index contributed by atoms with van der Waals surface area (Å²) in [6, 6.07) is 0. The van der Waals surface area contributed by atoms with Gasteiger partial charge in [0.25, 0.3) is 0 Å². The second kappa shape index (κ2) is 5.98. The molecule has 4 nitrogen and oxygen atoms in total. The number of halogens is 4. The Labute approximate surface area is 135 Å². The molecule has 23 heavy (non-hydrogen) atoms. The first-order valence-electron chi connectivity index (χ1n) is 6.83. The van der Waals surface area contributed by atoms with Crippen molar-refractivity contribution in [2.45, 2.75) is 13.8 Å². The second-order valence-corrected chi connectivity index (χ2v) is 5.61. The highest BCUT2D eigenvalue weighted by molar-refractivity contribution is 6.27. The van der Waals surface area contributed by atoms with Gasteiger partial charge in [-0.15, -0.1) is 11.6 Å². The SMILES string of the molecule is CC[N+]1(CCCl)C=C(C(=O)O)C(=O)c2c(C)c(F)c(F)c(F)c21. The molecule has 124 valence electrons. The van der Waals surface area contributed by atoms with Crippen molar-refractivity contribution in [2.24, 2.45) is 0 Å². The molecular formula is C15H14ClF3NO3+. The average molecular weight is 349 g/mol. The summed E-state index contributed by atoms with van der Waals surface area (Å²) >= 11 is 5.73. The van der Waals surface area contributed by atoms with Gasteiger partial charge in [0.05, 0.1) is 18.0 Å². The zero-order valence-electron chi connectivity index (χ0n) is 12.4. The summed E-state index contributed by atoms with van der Waals surface area (Å²) in [4.78, 5) is 23.7. The summed E-state index contributed by atoms with van der Waals surface area (Å²) in [5, 5.41) is 9.22. The Bertz CT molecular complexity index is 748. The molecule has 1 unspecified atom stereocenters. The van der Waals surface area contributed by atoms with Crippen molar-refractivity contribution in [3.05, 3.63) is 40.4 Å². The van der Waals surface area contributed by atoms with Crippen molar-refractivity contribution in [1.29, 1.82) is 0 Å². The third kappa shape index (κ3) is 2.44. The number of hydrogen-bond donors (Lipinski definition) is 1. The van der Waals surface area contributed by atoms with Crippen LogP contribution in [0.15, 0.2) is 11.8 Å². The van der Waals surface area contributed by atoms with Crippen molar-refractivity contribution in [3.8, 4) is 0 Å². The van der Waals surface area contributed by atoms with E-state index >= 15 is 0 Å². The topological polar surface area (TPSA) is 54.4 Å². The molecule has 1 aromatic carbocycles. The lowest BCUT2D eigenvalue weighted by Gasteiger charge is -2.37. The first-order valence-corrected chi connectivity index (χ1v) is 7.36. The largest absolute Gasteiger partial charge is 0.477 e. The highest BCUT2D eigenvalue weighted by atomic mass is 35.5. The van der Waals surface area contributed by atoms with Crippen LogP contribution in [0.3, 0.4) is 0 Å². The van der Waals surface area contributed by atoms with E-state index in [1.54, 1.807) is 6.92 Å². The molecule has 1 N–H and O–H groups in total. The van der Waals surface area contributed by atoms with E-state index in [9.17, 15) is 27.9 Å². The monoisotopic (exact) mass is 348 g/mol. The molecule has 1 aromatic rings. The molecule has 0 spiro atoms. The quantitative estimate of drug-likeness (QED) is 0.393. The Morgan fingerprint density at radius 2 is 1.87 bits per heavy atom. The molecule has 2 rings (SSSR count). The fourth-order valence-electron chi connectivity index (χ4n) is 2.85. The molecule has 0 saturated carbocycles. The van der Waals surface area contributed by atoms with Gasteiger partial charge in [-0.25, -0.2) is 13.6 Å². The number of nitrogens with zero attached hydrogens (tertiary/aromatic N) is 1. The fraction of sp³-hybridized carbons (Fsp3) is 0.333. The molecule has 0 aromatic heterocycles. The van der Waals surface area contributed by atoms with Gasteiger partial charge < -0.3 is 5.11 Å². The van der Waals surface area contributed by atoms with E-state index in [2.05, 4.69) is 0 Å². The summed E-state index contributed by atoms with van der Waals surface area (Å²) in [5.41, 5.74) is -1.85. The van der Waals surface area contributed by atoms with Gasteiger partial charge in [0, 0.05) is 5.56 Å². The van der Waals surface area contributed by atoms with Crippen molar-refractivity contribution in [1.82, 2.24) is 4.48 Å². The molecule has 0 amide bonds. The number of fused-ring (bicyclic) bond motifs is 1. The lowest BCUT2D eigenvalue weighted by Crippen LogP contribution is -2.50. The lowest BCUT2D eigenvalue weighted by atomic mass is 9.91. The zero-order chi connectivity index (χ0) is 17.5. The number of ketones is 1. The van der Waals surface area contributed by atoms with E-state index in [-0.39, 0.29) is 24.7 Å². The molecule has 1 atom stereocenters. The number of benzene rings is 1. The normalized spacial score (nSPS) is 20.3. The lowest BCUT2D eigenvalue weighted by molar-refractivity contribution is -0.132. The van der Waals surface area contributed by atoms with Crippen LogP contribution in [0.1, 0.15) is 22.8 Å². The van der Waals surface area contributed by atoms with Crippen LogP contribution in [0.2, 0.25) is 0 Å². The molecule has 0 fully saturated rings. The number of carboxylic acid groups (broad SMARTS) is 1. The average Bonchev–Trinajstić information content (AvgIpc) is 2.51. The van der Waals surface area contributed by atoms with Gasteiger partial charge in [-0.2, -0.15) is 4.39 Å². The third-order valence-electron chi connectivity index (χ3n) is 4.11. The van der Waals surface area contributed by atoms with Crippen LogP contribution in [0.5, 0.6) is 0 Å². The highest BCUT2D eigenvalue weighted by Gasteiger charge is 2.46. The van der Waals surface area contributed by atoms with Crippen LogP contribution >= 0.6 is 11.6 Å². The van der Waals surface area contributed by atoms with E-state index in [0.717, 1.165) is 13.1 Å². The van der Waals surface area contributed by atoms with Gasteiger partial charge in [0.1, 0.15) is 12.7 Å². The molecule has 1 aliphatic heterocycles. The fourth-order valence-corrected chi connectivity index (χ4v) is 3.15. The standard InChI is InChI=1S/C15H13ClF3NO3/c1-3-20(5-4-16)6-8(15(22)23)14(21)9-7(2)10(17)11(18)12(19)13(9)20/h6H,3-5H2,1-2H3/p+1. The van der Waals surface area contributed by atoms with Crippen LogP contribution in [0.4, 0.5) is 18.9 Å². The van der Waals surface area contributed by atoms with Crippen molar-refractivity contribution in [2.75, 3.05) is 19.0 Å². The summed E-state index contributed by atoms with van der Waals surface area (Å²) < 4.78 is 41.6. The predicted octanol–water partition coefficient (Wildman–Crippen LogP) is 3.14. The Balaban J connectivity index is 2.97. The number of quaternary nitrogens is 1. The summed E-state index contributed by atoms with van der Waals surface area (Å²) in [6.45, 7) is 2.87. The first-order chi connectivity index (χ1) is 10.7. The Hall–Kier alpha value is -1.86. The molecule has 8 heteroatoms. The number of alkyl halides is 1. The number of carbonyl (C=O) groups excluding carboxylic acids is 1. The highest BCUT2D eigenvalue weighted by Crippen LogP contribution is 2.41. The maximum absolute atomic E-state index is 14.4. The Kier molecular flexibility index (Phi) is 4.54. The van der Waals surface area contributed by atoms with Gasteiger partial charge >= 0.3 is 5.97 Å². The van der Waals surface area contributed by atoms with Gasteiger partial charge in [0.15, 0.2) is 17.1 Å². The van der Waals surface area contributed by atoms with E-state index in [0.29, 0.717) is 0 Å². The molecule has 0 saturated heterocycles. The second-order valence-electron chi connectivity index (χ2n) is 5.23. The van der Waals surface area contributed by atoms with Crippen LogP contribution in [-0.2, 0) is 4.79 Å². The smallest absolute Gasteiger partial charge is 0.345 e. The maximum Gasteiger partial charge on any atom is 0.345 e. The number of rotatable bonds is 4. The van der Waals surface area contributed by atoms with E-state index in [4.69, 9.17) is 11.6 Å². The minimum Gasteiger partial charge on any atom is -0.477 e. The van der Waals surface area contributed by atoms with Gasteiger partial charge in [-0.1, -0.05) is 0 Å². The number of Topliss-reactive ketones (excluding diaryl/α,β-unsaturated/α-hetero) is 1. The molecule has 1 heterocycles. The molecule has 0 bridgehead atoms. The van der Waals surface area contributed by atoms with Gasteiger partial charge in [-0.3, -0.25) is 9.28 Å². The number of aliphatic carboxylic acids is 1. The maximum atomic E-state index is 14.4. The minimum absolute atomic E-state index is 0.00233. The zero-order valence-corrected chi connectivity index (χ0v) is 13.2. The van der Waals surface area contributed by atoms with Gasteiger partial charge in [0.2, 0.25) is 17.4 Å². The molecular weight excluding hydrogens is 335 g/mol. The predicted molar refractivity (Wildman–Crippen MR) is 79.0 cm³/mol. The molecule has 0 aliphatic carbocycles. The molecule has 1 aliphatic rings. The van der Waals surface area contributed by atoms with E-state index < -0.39 is 50.4 Å². The Morgan fingerprint density at radius 1 is 1.26 bits per heavy atom. The number of hydrogen-bond acceptors (Lipinski definition) is 2. The summed E-state index contributed by atoms with van der Waals surface area (Å²) in [5.74, 6) is -7.24. The van der Waals surface area contributed by atoms with E-state index in [1.807, 2.05) is 0 Å². The van der Waals surface area contributed by atoms with Crippen LogP contribution in [0, 0.1) is 24.4 Å². The van der Waals surface area contributed by atoms with Crippen molar-refractivity contribution in [3.63, 3.8) is 0 Å². The van der Waals surface area contributed by atoms with Crippen LogP contribution in [0.25, 0.3) is 0 Å². The molecule has 0 radical (unpaired) electrons. The number of carboxylic acids is 1. The van der Waals surface area contributed by atoms with Crippen molar-refractivity contribution >= 4 is 29.0 Å². The third-order valence-corrected chi connectivity index (χ3v) is 4.27. The summed E-state index contributed by atoms with van der Waals surface area (Å²) in [6.07, 6.45) is 1.05.